The first-order chi connectivity index (χ1) is 11.5. The smallest absolute Gasteiger partial charge is 0.248 e. The van der Waals surface area contributed by atoms with Crippen molar-refractivity contribution in [1.82, 2.24) is 9.88 Å². The molecule has 1 aromatic carbocycles. The summed E-state index contributed by atoms with van der Waals surface area (Å²) in [5, 5.41) is 9.36. The van der Waals surface area contributed by atoms with Gasteiger partial charge in [-0.3, -0.25) is 9.59 Å². The predicted molar refractivity (Wildman–Crippen MR) is 92.1 cm³/mol. The van der Waals surface area contributed by atoms with E-state index in [1.165, 1.54) is 0 Å². The monoisotopic (exact) mass is 326 g/mol. The molecule has 0 radical (unpaired) electrons. The quantitative estimate of drug-likeness (QED) is 0.910. The number of nitrogens with one attached hydrogen (secondary N) is 1. The summed E-state index contributed by atoms with van der Waals surface area (Å²) in [6, 6.07) is 10.4. The molecule has 0 spiro atoms. The highest BCUT2D eigenvalue weighted by atomic mass is 16.3. The number of carbonyl (C=O) groups excluding carboxylic acids is 1. The summed E-state index contributed by atoms with van der Waals surface area (Å²) in [5.41, 5.74) is 1.89. The van der Waals surface area contributed by atoms with Crippen molar-refractivity contribution in [3.63, 3.8) is 0 Å². The third kappa shape index (κ3) is 3.50. The highest BCUT2D eigenvalue weighted by molar-refractivity contribution is 5.83. The molecule has 1 fully saturated rings. The van der Waals surface area contributed by atoms with Crippen molar-refractivity contribution in [2.24, 2.45) is 0 Å². The lowest BCUT2D eigenvalue weighted by molar-refractivity contribution is -0.133. The number of carbonyl (C=O) groups is 1. The van der Waals surface area contributed by atoms with Crippen molar-refractivity contribution < 1.29 is 9.90 Å². The Hall–Kier alpha value is -2.56. The number of phenolic OH excluding ortho intramolecular Hbond substituents is 1. The molecule has 1 amide bonds. The van der Waals surface area contributed by atoms with Crippen molar-refractivity contribution in [2.75, 3.05) is 13.1 Å². The SMILES string of the molecule is CC(C(=O)N1CCC(c2cc[nH]c(=O)c2)CC1)c1ccc(O)cc1. The zero-order valence-corrected chi connectivity index (χ0v) is 13.7. The molecule has 5 heteroatoms. The van der Waals surface area contributed by atoms with Gasteiger partial charge in [0.2, 0.25) is 11.5 Å². The first kappa shape index (κ1) is 16.3. The predicted octanol–water partition coefficient (Wildman–Crippen LogP) is 2.59. The highest BCUT2D eigenvalue weighted by Crippen LogP contribution is 2.29. The van der Waals surface area contributed by atoms with E-state index in [0.29, 0.717) is 19.0 Å². The molecular formula is C19H22N2O3. The Morgan fingerprint density at radius 2 is 1.88 bits per heavy atom. The number of hydrogen-bond donors (Lipinski definition) is 2. The Balaban J connectivity index is 1.62. The second kappa shape index (κ2) is 6.91. The molecule has 0 aliphatic carbocycles. The number of rotatable bonds is 3. The molecule has 2 aromatic rings. The third-order valence-corrected chi connectivity index (χ3v) is 4.84. The molecule has 5 nitrogen and oxygen atoms in total. The average molecular weight is 326 g/mol. The topological polar surface area (TPSA) is 73.4 Å². The normalized spacial score (nSPS) is 16.8. The van der Waals surface area contributed by atoms with Gasteiger partial charge in [0.15, 0.2) is 0 Å². The van der Waals surface area contributed by atoms with E-state index in [0.717, 1.165) is 24.0 Å². The molecule has 2 N–H and O–H groups in total. The molecule has 1 unspecified atom stereocenters. The number of phenols is 1. The van der Waals surface area contributed by atoms with E-state index in [-0.39, 0.29) is 23.1 Å². The summed E-state index contributed by atoms with van der Waals surface area (Å²) in [4.78, 5) is 28.7. The number of H-pyrrole nitrogens is 1. The first-order valence-corrected chi connectivity index (χ1v) is 8.31. The molecule has 0 saturated carbocycles. The fourth-order valence-electron chi connectivity index (χ4n) is 3.33. The van der Waals surface area contributed by atoms with Crippen molar-refractivity contribution >= 4 is 5.91 Å². The van der Waals surface area contributed by atoms with Gasteiger partial charge in [0.25, 0.3) is 0 Å². The Morgan fingerprint density at radius 1 is 1.21 bits per heavy atom. The molecule has 1 saturated heterocycles. The second-order valence-electron chi connectivity index (χ2n) is 6.40. The third-order valence-electron chi connectivity index (χ3n) is 4.84. The summed E-state index contributed by atoms with van der Waals surface area (Å²) < 4.78 is 0. The minimum atomic E-state index is -0.221. The fraction of sp³-hybridized carbons (Fsp3) is 0.368. The molecule has 1 atom stereocenters. The maximum absolute atomic E-state index is 12.7. The van der Waals surface area contributed by atoms with Crippen molar-refractivity contribution in [1.29, 1.82) is 0 Å². The van der Waals surface area contributed by atoms with Crippen LogP contribution in [-0.4, -0.2) is 34.0 Å². The van der Waals surface area contributed by atoms with Crippen LogP contribution in [0.25, 0.3) is 0 Å². The van der Waals surface area contributed by atoms with Crippen molar-refractivity contribution in [2.45, 2.75) is 31.6 Å². The van der Waals surface area contributed by atoms with Crippen molar-refractivity contribution in [3.8, 4) is 5.75 Å². The summed E-state index contributed by atoms with van der Waals surface area (Å²) in [5.74, 6) is 0.434. The van der Waals surface area contributed by atoms with E-state index in [1.54, 1.807) is 36.5 Å². The van der Waals surface area contributed by atoms with Gasteiger partial charge in [-0.05, 0) is 55.0 Å². The average Bonchev–Trinajstić information content (AvgIpc) is 2.61. The lowest BCUT2D eigenvalue weighted by atomic mass is 9.89. The van der Waals surface area contributed by atoms with Crippen LogP contribution >= 0.6 is 0 Å². The lowest BCUT2D eigenvalue weighted by Crippen LogP contribution is -2.40. The van der Waals surface area contributed by atoms with Gasteiger partial charge in [-0.1, -0.05) is 12.1 Å². The van der Waals surface area contributed by atoms with Crippen LogP contribution < -0.4 is 5.56 Å². The fourth-order valence-corrected chi connectivity index (χ4v) is 3.33. The van der Waals surface area contributed by atoms with Crippen LogP contribution in [0.4, 0.5) is 0 Å². The number of aromatic amines is 1. The summed E-state index contributed by atoms with van der Waals surface area (Å²) >= 11 is 0. The summed E-state index contributed by atoms with van der Waals surface area (Å²) in [7, 11) is 0. The van der Waals surface area contributed by atoms with E-state index in [4.69, 9.17) is 0 Å². The van der Waals surface area contributed by atoms with Gasteiger partial charge < -0.3 is 15.0 Å². The highest BCUT2D eigenvalue weighted by Gasteiger charge is 2.27. The lowest BCUT2D eigenvalue weighted by Gasteiger charge is -2.33. The maximum atomic E-state index is 12.7. The van der Waals surface area contributed by atoms with Crippen LogP contribution in [0.2, 0.25) is 0 Å². The Bertz CT molecular complexity index is 759. The standard InChI is InChI=1S/C19H22N2O3/c1-13(14-2-4-17(22)5-3-14)19(24)21-10-7-15(8-11-21)16-6-9-20-18(23)12-16/h2-6,9,12-13,15,22H,7-8,10-11H2,1H3,(H,20,23). The maximum Gasteiger partial charge on any atom is 0.248 e. The summed E-state index contributed by atoms with van der Waals surface area (Å²) in [6.07, 6.45) is 3.43. The molecule has 1 aliphatic heterocycles. The van der Waals surface area contributed by atoms with E-state index in [9.17, 15) is 14.7 Å². The van der Waals surface area contributed by atoms with E-state index in [2.05, 4.69) is 4.98 Å². The Morgan fingerprint density at radius 3 is 2.50 bits per heavy atom. The molecule has 1 aromatic heterocycles. The van der Waals surface area contributed by atoms with E-state index >= 15 is 0 Å². The minimum Gasteiger partial charge on any atom is -0.508 e. The van der Waals surface area contributed by atoms with E-state index in [1.807, 2.05) is 17.9 Å². The number of benzene rings is 1. The zero-order valence-electron chi connectivity index (χ0n) is 13.7. The number of nitrogens with zero attached hydrogens (tertiary/aromatic N) is 1. The van der Waals surface area contributed by atoms with Gasteiger partial charge in [0.1, 0.15) is 5.75 Å². The van der Waals surface area contributed by atoms with Gasteiger partial charge in [0, 0.05) is 25.4 Å². The number of aromatic hydroxyl groups is 1. The zero-order chi connectivity index (χ0) is 17.1. The van der Waals surface area contributed by atoms with Crippen molar-refractivity contribution in [3.05, 3.63) is 64.1 Å². The molecule has 0 bridgehead atoms. The van der Waals surface area contributed by atoms with Crippen LogP contribution in [0.5, 0.6) is 5.75 Å². The molecule has 1 aliphatic rings. The molecule has 3 rings (SSSR count). The van der Waals surface area contributed by atoms with Gasteiger partial charge >= 0.3 is 0 Å². The van der Waals surface area contributed by atoms with Gasteiger partial charge in [-0.25, -0.2) is 0 Å². The number of piperidine rings is 1. The molecule has 126 valence electrons. The van der Waals surface area contributed by atoms with Crippen LogP contribution in [0.3, 0.4) is 0 Å². The van der Waals surface area contributed by atoms with Gasteiger partial charge in [0.05, 0.1) is 5.92 Å². The van der Waals surface area contributed by atoms with Gasteiger partial charge in [-0.2, -0.15) is 0 Å². The van der Waals surface area contributed by atoms with E-state index < -0.39 is 0 Å². The first-order valence-electron chi connectivity index (χ1n) is 8.31. The molecule has 24 heavy (non-hydrogen) atoms. The minimum absolute atomic E-state index is 0.0769. The van der Waals surface area contributed by atoms with Crippen LogP contribution in [0, 0.1) is 0 Å². The Labute approximate surface area is 140 Å². The Kier molecular flexibility index (Phi) is 4.69. The van der Waals surface area contributed by atoms with Crippen LogP contribution in [0.1, 0.15) is 42.7 Å². The van der Waals surface area contributed by atoms with Crippen LogP contribution in [-0.2, 0) is 4.79 Å². The number of aromatic nitrogens is 1. The molecule has 2 heterocycles. The van der Waals surface area contributed by atoms with Gasteiger partial charge in [-0.15, -0.1) is 0 Å². The number of likely N-dealkylation sites (tertiary alicyclic amines) is 1. The molecular weight excluding hydrogens is 304 g/mol. The second-order valence-corrected chi connectivity index (χ2v) is 6.40. The number of hydrogen-bond acceptors (Lipinski definition) is 3. The van der Waals surface area contributed by atoms with Crippen LogP contribution in [0.15, 0.2) is 47.4 Å². The largest absolute Gasteiger partial charge is 0.508 e. The number of pyridine rings is 1. The number of amides is 1. The summed E-state index contributed by atoms with van der Waals surface area (Å²) in [6.45, 7) is 3.31.